The molecule has 1 heterocycles. The molecule has 0 spiro atoms. The van der Waals surface area contributed by atoms with E-state index in [0.29, 0.717) is 6.54 Å². The molecule has 1 aromatic carbocycles. The molecule has 0 unspecified atom stereocenters. The Hall–Kier alpha value is -2.43. The normalized spacial score (nSPS) is 30.6. The highest BCUT2D eigenvalue weighted by Crippen LogP contribution is 2.49. The van der Waals surface area contributed by atoms with Gasteiger partial charge in [0.15, 0.2) is 0 Å². The molecule has 5 nitrogen and oxygen atoms in total. The lowest BCUT2D eigenvalue weighted by Crippen LogP contribution is -2.41. The predicted octanol–water partition coefficient (Wildman–Crippen LogP) is 1.50. The third-order valence-electron chi connectivity index (χ3n) is 5.48. The summed E-state index contributed by atoms with van der Waals surface area (Å²) in [6.45, 7) is 0.229. The number of hydrogen-bond acceptors (Lipinski definition) is 3. The summed E-state index contributed by atoms with van der Waals surface area (Å²) in [5.74, 6) is -0.800. The van der Waals surface area contributed by atoms with Gasteiger partial charge in [0.05, 0.1) is 11.8 Å². The maximum atomic E-state index is 12.6. The zero-order valence-corrected chi connectivity index (χ0v) is 13.4. The lowest BCUT2D eigenvalue weighted by atomic mass is 9.63. The van der Waals surface area contributed by atoms with Gasteiger partial charge in [-0.15, -0.1) is 0 Å². The van der Waals surface area contributed by atoms with Crippen LogP contribution >= 0.6 is 0 Å². The fraction of sp³-hybridized carbons (Fsp3) is 0.421. The van der Waals surface area contributed by atoms with Crippen LogP contribution in [0.2, 0.25) is 0 Å². The molecule has 4 aliphatic rings. The highest BCUT2D eigenvalue weighted by atomic mass is 16.2. The minimum absolute atomic E-state index is 0.161. The third kappa shape index (κ3) is 2.44. The van der Waals surface area contributed by atoms with Crippen LogP contribution in [0.5, 0.6) is 0 Å². The number of hydrogen-bond donors (Lipinski definition) is 1. The number of benzene rings is 1. The van der Waals surface area contributed by atoms with E-state index in [1.807, 2.05) is 30.3 Å². The molecule has 5 rings (SSSR count). The molecule has 3 amide bonds. The van der Waals surface area contributed by atoms with Crippen molar-refractivity contribution in [1.82, 2.24) is 10.2 Å². The Morgan fingerprint density at radius 1 is 1.00 bits per heavy atom. The zero-order valence-electron chi connectivity index (χ0n) is 13.4. The second-order valence-electron chi connectivity index (χ2n) is 6.87. The van der Waals surface area contributed by atoms with E-state index in [-0.39, 0.29) is 47.9 Å². The molecule has 1 saturated carbocycles. The number of nitrogens with zero attached hydrogens (tertiary/aromatic N) is 1. The number of nitrogens with one attached hydrogen (secondary N) is 1. The second kappa shape index (κ2) is 5.89. The first-order chi connectivity index (χ1) is 11.6. The quantitative estimate of drug-likeness (QED) is 0.674. The van der Waals surface area contributed by atoms with E-state index < -0.39 is 0 Å². The number of fused-ring (bicyclic) bond motifs is 1. The molecule has 1 aliphatic heterocycles. The van der Waals surface area contributed by atoms with Gasteiger partial charge in [-0.05, 0) is 30.2 Å². The first-order valence-electron chi connectivity index (χ1n) is 8.49. The molecule has 1 saturated heterocycles. The lowest BCUT2D eigenvalue weighted by molar-refractivity contribution is -0.143. The van der Waals surface area contributed by atoms with Crippen molar-refractivity contribution in [3.8, 4) is 0 Å². The first-order valence-corrected chi connectivity index (χ1v) is 8.49. The molecule has 1 aromatic rings. The van der Waals surface area contributed by atoms with Crippen molar-refractivity contribution in [3.63, 3.8) is 0 Å². The van der Waals surface area contributed by atoms with E-state index in [1.165, 1.54) is 4.90 Å². The minimum atomic E-state index is -0.292. The van der Waals surface area contributed by atoms with Gasteiger partial charge in [-0.1, -0.05) is 42.5 Å². The molecule has 5 heteroatoms. The van der Waals surface area contributed by atoms with Crippen LogP contribution in [0.25, 0.3) is 0 Å². The van der Waals surface area contributed by atoms with Gasteiger partial charge in [0.2, 0.25) is 17.7 Å². The average Bonchev–Trinajstić information content (AvgIpc) is 2.89. The lowest BCUT2D eigenvalue weighted by Gasteiger charge is -2.38. The van der Waals surface area contributed by atoms with Crippen molar-refractivity contribution in [2.24, 2.45) is 23.7 Å². The van der Waals surface area contributed by atoms with Gasteiger partial charge in [-0.3, -0.25) is 19.3 Å². The molecule has 1 N–H and O–H groups in total. The Labute approximate surface area is 140 Å². The maximum Gasteiger partial charge on any atom is 0.240 e. The van der Waals surface area contributed by atoms with Crippen molar-refractivity contribution in [2.75, 3.05) is 6.54 Å². The van der Waals surface area contributed by atoms with Crippen LogP contribution in [0, 0.1) is 23.7 Å². The molecular formula is C19H20N2O3. The van der Waals surface area contributed by atoms with E-state index in [9.17, 15) is 14.4 Å². The molecule has 0 aromatic heterocycles. The van der Waals surface area contributed by atoms with Crippen molar-refractivity contribution in [3.05, 3.63) is 48.0 Å². The van der Waals surface area contributed by atoms with Gasteiger partial charge in [-0.25, -0.2) is 0 Å². The molecule has 24 heavy (non-hydrogen) atoms. The molecule has 2 bridgehead atoms. The van der Waals surface area contributed by atoms with Crippen molar-refractivity contribution in [1.29, 1.82) is 0 Å². The van der Waals surface area contributed by atoms with Gasteiger partial charge >= 0.3 is 0 Å². The van der Waals surface area contributed by atoms with Crippen LogP contribution < -0.4 is 5.32 Å². The Bertz CT molecular complexity index is 681. The fourth-order valence-electron chi connectivity index (χ4n) is 4.29. The molecule has 3 aliphatic carbocycles. The Balaban J connectivity index is 1.41. The van der Waals surface area contributed by atoms with Gasteiger partial charge in [0.1, 0.15) is 6.54 Å². The summed E-state index contributed by atoms with van der Waals surface area (Å²) in [7, 11) is 0. The molecule has 124 valence electrons. The van der Waals surface area contributed by atoms with Gasteiger partial charge < -0.3 is 5.32 Å². The number of carbonyl (C=O) groups is 3. The Kier molecular flexibility index (Phi) is 3.71. The molecule has 4 atom stereocenters. The van der Waals surface area contributed by atoms with Crippen LogP contribution in [0.15, 0.2) is 42.5 Å². The Morgan fingerprint density at radius 2 is 1.58 bits per heavy atom. The predicted molar refractivity (Wildman–Crippen MR) is 87.3 cm³/mol. The van der Waals surface area contributed by atoms with E-state index in [2.05, 4.69) is 17.5 Å². The second-order valence-corrected chi connectivity index (χ2v) is 6.87. The number of rotatable bonds is 4. The summed E-state index contributed by atoms with van der Waals surface area (Å²) in [6.07, 6.45) is 6.10. The van der Waals surface area contributed by atoms with Crippen LogP contribution in [0.3, 0.4) is 0 Å². The van der Waals surface area contributed by atoms with Crippen LogP contribution in [0.4, 0.5) is 0 Å². The van der Waals surface area contributed by atoms with Crippen molar-refractivity contribution in [2.45, 2.75) is 19.4 Å². The summed E-state index contributed by atoms with van der Waals surface area (Å²) >= 11 is 0. The van der Waals surface area contributed by atoms with E-state index in [4.69, 9.17) is 0 Å². The summed E-state index contributed by atoms with van der Waals surface area (Å²) in [6, 6.07) is 9.57. The van der Waals surface area contributed by atoms with Crippen molar-refractivity contribution >= 4 is 17.7 Å². The van der Waals surface area contributed by atoms with E-state index >= 15 is 0 Å². The summed E-state index contributed by atoms with van der Waals surface area (Å²) in [4.78, 5) is 38.6. The fourth-order valence-corrected chi connectivity index (χ4v) is 4.29. The monoisotopic (exact) mass is 324 g/mol. The maximum absolute atomic E-state index is 12.6. The third-order valence-corrected chi connectivity index (χ3v) is 5.48. The molecular weight excluding hydrogens is 304 g/mol. The van der Waals surface area contributed by atoms with Gasteiger partial charge in [0.25, 0.3) is 0 Å². The smallest absolute Gasteiger partial charge is 0.240 e. The number of carbonyl (C=O) groups excluding carboxylic acids is 3. The summed E-state index contributed by atoms with van der Waals surface area (Å²) in [5, 5.41) is 2.79. The van der Waals surface area contributed by atoms with E-state index in [1.54, 1.807) is 0 Å². The average molecular weight is 324 g/mol. The SMILES string of the molecule is O=C(CN1C(=O)[C@H]2[C@H](C1=O)[C@H]1C=C[C@H]2CC1)NCc1ccccc1. The van der Waals surface area contributed by atoms with Crippen LogP contribution in [0.1, 0.15) is 18.4 Å². The Morgan fingerprint density at radius 3 is 2.12 bits per heavy atom. The number of likely N-dealkylation sites (tertiary alicyclic amines) is 1. The molecule has 0 radical (unpaired) electrons. The van der Waals surface area contributed by atoms with Crippen LogP contribution in [-0.4, -0.2) is 29.2 Å². The number of allylic oxidation sites excluding steroid dienone is 2. The first kappa shape index (κ1) is 15.1. The largest absolute Gasteiger partial charge is 0.350 e. The van der Waals surface area contributed by atoms with Crippen LogP contribution in [-0.2, 0) is 20.9 Å². The highest BCUT2D eigenvalue weighted by molar-refractivity contribution is 6.08. The zero-order chi connectivity index (χ0) is 16.7. The van der Waals surface area contributed by atoms with Crippen molar-refractivity contribution < 1.29 is 14.4 Å². The summed E-state index contributed by atoms with van der Waals surface area (Å²) < 4.78 is 0. The molecule has 2 fully saturated rings. The number of imide groups is 1. The van der Waals surface area contributed by atoms with E-state index in [0.717, 1.165) is 18.4 Å². The highest BCUT2D eigenvalue weighted by Gasteiger charge is 2.56. The minimum Gasteiger partial charge on any atom is -0.350 e. The summed E-state index contributed by atoms with van der Waals surface area (Å²) in [5.41, 5.74) is 0.987. The number of amides is 3. The van der Waals surface area contributed by atoms with Gasteiger partial charge in [-0.2, -0.15) is 0 Å². The van der Waals surface area contributed by atoms with Gasteiger partial charge in [0, 0.05) is 6.54 Å². The standard InChI is InChI=1S/C19H20N2O3/c22-15(20-10-12-4-2-1-3-5-12)11-21-18(23)16-13-6-7-14(9-8-13)17(16)19(21)24/h1-7,13-14,16-17H,8-11H2,(H,20,22)/t13-,14-,16+,17+/m0/s1. The topological polar surface area (TPSA) is 66.5 Å².